The molecule has 0 saturated carbocycles. The molecule has 0 spiro atoms. The van der Waals surface area contributed by atoms with Gasteiger partial charge >= 0.3 is 0 Å². The van der Waals surface area contributed by atoms with Crippen LogP contribution in [0.3, 0.4) is 0 Å². The number of carbonyl (C=O) groups is 1. The summed E-state index contributed by atoms with van der Waals surface area (Å²) in [5.74, 6) is 1.14. The number of fused-ring (bicyclic) bond motifs is 1. The zero-order chi connectivity index (χ0) is 17.4. The van der Waals surface area contributed by atoms with Crippen molar-refractivity contribution < 1.29 is 14.1 Å². The number of rotatable bonds is 3. The number of aromatic amines is 1. The van der Waals surface area contributed by atoms with E-state index in [9.17, 15) is 4.79 Å². The van der Waals surface area contributed by atoms with E-state index in [0.717, 1.165) is 36.9 Å². The molecular formula is C17H23N5O3. The maximum absolute atomic E-state index is 13.2. The third-order valence-electron chi connectivity index (χ3n) is 4.90. The number of aryl methyl sites for hydroxylation is 1. The van der Waals surface area contributed by atoms with E-state index in [4.69, 9.17) is 9.26 Å². The lowest BCUT2D eigenvalue weighted by Crippen LogP contribution is -2.44. The lowest BCUT2D eigenvalue weighted by Gasteiger charge is -2.33. The van der Waals surface area contributed by atoms with Gasteiger partial charge in [-0.25, -0.2) is 0 Å². The van der Waals surface area contributed by atoms with Crippen molar-refractivity contribution >= 4 is 5.91 Å². The normalized spacial score (nSPS) is 20.8. The minimum atomic E-state index is -0.339. The highest BCUT2D eigenvalue weighted by atomic mass is 16.5. The summed E-state index contributed by atoms with van der Waals surface area (Å²) in [4.78, 5) is 19.4. The first-order chi connectivity index (χ1) is 12.1. The molecule has 134 valence electrons. The van der Waals surface area contributed by atoms with E-state index in [0.29, 0.717) is 37.2 Å². The van der Waals surface area contributed by atoms with E-state index in [1.54, 1.807) is 4.90 Å². The van der Waals surface area contributed by atoms with Gasteiger partial charge in [-0.2, -0.15) is 10.1 Å². The SMILES string of the molecule is CC(C)c1nc(C2COCCN2C(=O)c2n[nH]c3c2CCCC3)no1. The second kappa shape index (κ2) is 6.59. The Labute approximate surface area is 145 Å². The number of nitrogens with one attached hydrogen (secondary N) is 1. The maximum Gasteiger partial charge on any atom is 0.275 e. The van der Waals surface area contributed by atoms with Crippen molar-refractivity contribution in [3.63, 3.8) is 0 Å². The predicted octanol–water partition coefficient (Wildman–Crippen LogP) is 2.01. The zero-order valence-electron chi connectivity index (χ0n) is 14.6. The summed E-state index contributed by atoms with van der Waals surface area (Å²) in [5.41, 5.74) is 2.70. The van der Waals surface area contributed by atoms with Crippen LogP contribution in [0.25, 0.3) is 0 Å². The van der Waals surface area contributed by atoms with E-state index < -0.39 is 0 Å². The minimum absolute atomic E-state index is 0.0800. The molecule has 3 heterocycles. The molecule has 1 saturated heterocycles. The van der Waals surface area contributed by atoms with Gasteiger partial charge in [-0.15, -0.1) is 0 Å². The second-order valence-corrected chi connectivity index (χ2v) is 6.97. The summed E-state index contributed by atoms with van der Waals surface area (Å²) in [5, 5.41) is 11.4. The number of aromatic nitrogens is 4. The van der Waals surface area contributed by atoms with Gasteiger partial charge in [-0.1, -0.05) is 19.0 Å². The van der Waals surface area contributed by atoms with Crippen LogP contribution in [-0.4, -0.2) is 50.9 Å². The molecule has 1 amide bonds. The van der Waals surface area contributed by atoms with Gasteiger partial charge in [-0.3, -0.25) is 9.89 Å². The fourth-order valence-corrected chi connectivity index (χ4v) is 3.47. The Bertz CT molecular complexity index is 766. The molecule has 0 bridgehead atoms. The monoisotopic (exact) mass is 345 g/mol. The molecule has 8 nitrogen and oxygen atoms in total. The third-order valence-corrected chi connectivity index (χ3v) is 4.90. The number of carbonyl (C=O) groups excluding carboxylic acids is 1. The van der Waals surface area contributed by atoms with E-state index in [2.05, 4.69) is 20.3 Å². The highest BCUT2D eigenvalue weighted by Crippen LogP contribution is 2.28. The van der Waals surface area contributed by atoms with Gasteiger partial charge in [0.05, 0.1) is 13.2 Å². The Morgan fingerprint density at radius 2 is 2.16 bits per heavy atom. The van der Waals surface area contributed by atoms with Gasteiger partial charge < -0.3 is 14.2 Å². The van der Waals surface area contributed by atoms with E-state index in [1.807, 2.05) is 13.8 Å². The molecule has 2 aromatic rings. The number of ether oxygens (including phenoxy) is 1. The molecule has 25 heavy (non-hydrogen) atoms. The van der Waals surface area contributed by atoms with Gasteiger partial charge in [0.1, 0.15) is 6.04 Å². The van der Waals surface area contributed by atoms with Crippen LogP contribution in [-0.2, 0) is 17.6 Å². The Kier molecular flexibility index (Phi) is 4.29. The smallest absolute Gasteiger partial charge is 0.275 e. The summed E-state index contributed by atoms with van der Waals surface area (Å²) in [6.07, 6.45) is 4.11. The Balaban J connectivity index is 1.62. The number of hydrogen-bond donors (Lipinski definition) is 1. The van der Waals surface area contributed by atoms with Crippen LogP contribution >= 0.6 is 0 Å². The summed E-state index contributed by atoms with van der Waals surface area (Å²) >= 11 is 0. The number of morpholine rings is 1. The van der Waals surface area contributed by atoms with Crippen LogP contribution in [0.15, 0.2) is 4.52 Å². The molecule has 1 aliphatic carbocycles. The van der Waals surface area contributed by atoms with Gasteiger partial charge in [0.15, 0.2) is 11.5 Å². The van der Waals surface area contributed by atoms with Crippen molar-refractivity contribution in [3.8, 4) is 0 Å². The van der Waals surface area contributed by atoms with E-state index in [-0.39, 0.29) is 17.9 Å². The van der Waals surface area contributed by atoms with Crippen LogP contribution < -0.4 is 0 Å². The summed E-state index contributed by atoms with van der Waals surface area (Å²) in [6, 6.07) is -0.339. The van der Waals surface area contributed by atoms with Crippen LogP contribution in [0.1, 0.15) is 72.1 Å². The Morgan fingerprint density at radius 1 is 1.32 bits per heavy atom. The fourth-order valence-electron chi connectivity index (χ4n) is 3.47. The molecule has 1 fully saturated rings. The number of hydrogen-bond acceptors (Lipinski definition) is 6. The van der Waals surface area contributed by atoms with Crippen LogP contribution in [0.4, 0.5) is 0 Å². The molecule has 0 aromatic carbocycles. The van der Waals surface area contributed by atoms with Crippen molar-refractivity contribution in [2.45, 2.75) is 51.5 Å². The lowest BCUT2D eigenvalue weighted by atomic mass is 9.95. The van der Waals surface area contributed by atoms with Crippen LogP contribution in [0, 0.1) is 0 Å². The average Bonchev–Trinajstić information content (AvgIpc) is 3.28. The maximum atomic E-state index is 13.2. The van der Waals surface area contributed by atoms with Gasteiger partial charge in [0.2, 0.25) is 5.89 Å². The standard InChI is InChI=1S/C17H23N5O3/c1-10(2)16-18-15(21-25-16)13-9-24-8-7-22(13)17(23)14-11-5-3-4-6-12(11)19-20-14/h10,13H,3-9H2,1-2H3,(H,19,20). The number of amides is 1. The topological polar surface area (TPSA) is 97.1 Å². The van der Waals surface area contributed by atoms with E-state index in [1.165, 1.54) is 0 Å². The van der Waals surface area contributed by atoms with Crippen molar-refractivity contribution in [2.24, 2.45) is 0 Å². The van der Waals surface area contributed by atoms with Crippen LogP contribution in [0.5, 0.6) is 0 Å². The molecule has 1 atom stereocenters. The summed E-state index contributed by atoms with van der Waals surface area (Å²) in [6.45, 7) is 5.36. The molecule has 1 unspecified atom stereocenters. The number of H-pyrrole nitrogens is 1. The average molecular weight is 345 g/mol. The largest absolute Gasteiger partial charge is 0.377 e. The van der Waals surface area contributed by atoms with Crippen molar-refractivity contribution in [2.75, 3.05) is 19.8 Å². The van der Waals surface area contributed by atoms with E-state index >= 15 is 0 Å². The predicted molar refractivity (Wildman–Crippen MR) is 88.2 cm³/mol. The molecular weight excluding hydrogens is 322 g/mol. The molecule has 2 aliphatic rings. The Morgan fingerprint density at radius 3 is 2.96 bits per heavy atom. The lowest BCUT2D eigenvalue weighted by molar-refractivity contribution is -0.00613. The van der Waals surface area contributed by atoms with Crippen molar-refractivity contribution in [3.05, 3.63) is 28.7 Å². The first-order valence-electron chi connectivity index (χ1n) is 8.93. The number of nitrogens with zero attached hydrogens (tertiary/aromatic N) is 4. The molecule has 0 radical (unpaired) electrons. The fraction of sp³-hybridized carbons (Fsp3) is 0.647. The molecule has 8 heteroatoms. The highest BCUT2D eigenvalue weighted by molar-refractivity contribution is 5.94. The molecule has 1 aliphatic heterocycles. The quantitative estimate of drug-likeness (QED) is 0.914. The summed E-state index contributed by atoms with van der Waals surface area (Å²) in [7, 11) is 0. The van der Waals surface area contributed by atoms with Gasteiger partial charge in [-0.05, 0) is 25.7 Å². The Hall–Kier alpha value is -2.22. The van der Waals surface area contributed by atoms with Gasteiger partial charge in [0.25, 0.3) is 5.91 Å². The first kappa shape index (κ1) is 16.3. The molecule has 2 aromatic heterocycles. The second-order valence-electron chi connectivity index (χ2n) is 6.97. The van der Waals surface area contributed by atoms with Crippen molar-refractivity contribution in [1.82, 2.24) is 25.2 Å². The summed E-state index contributed by atoms with van der Waals surface area (Å²) < 4.78 is 10.9. The highest BCUT2D eigenvalue weighted by Gasteiger charge is 2.35. The third kappa shape index (κ3) is 2.95. The molecule has 4 rings (SSSR count). The van der Waals surface area contributed by atoms with Crippen LogP contribution in [0.2, 0.25) is 0 Å². The van der Waals surface area contributed by atoms with Gasteiger partial charge in [0, 0.05) is 23.7 Å². The zero-order valence-corrected chi connectivity index (χ0v) is 14.6. The first-order valence-corrected chi connectivity index (χ1v) is 8.93. The van der Waals surface area contributed by atoms with Crippen molar-refractivity contribution in [1.29, 1.82) is 0 Å². The minimum Gasteiger partial charge on any atom is -0.377 e. The molecule has 1 N–H and O–H groups in total.